The molecule has 0 bridgehead atoms. The van der Waals surface area contributed by atoms with Gasteiger partial charge in [0.1, 0.15) is 0 Å². The number of rotatable bonds is 7. The Labute approximate surface area is 116 Å². The maximum absolute atomic E-state index is 5.84. The quantitative estimate of drug-likeness (QED) is 0.823. The molecule has 2 atom stereocenters. The number of nitrogens with zero attached hydrogens (tertiary/aromatic N) is 2. The minimum atomic E-state index is 0.357. The van der Waals surface area contributed by atoms with Gasteiger partial charge in [-0.2, -0.15) is 5.10 Å². The molecule has 4 heteroatoms. The van der Waals surface area contributed by atoms with Crippen molar-refractivity contribution in [3.63, 3.8) is 0 Å². The highest BCUT2D eigenvalue weighted by molar-refractivity contribution is 5.03. The number of nitrogens with one attached hydrogen (secondary N) is 1. The van der Waals surface area contributed by atoms with Crippen LogP contribution in [0.1, 0.15) is 51.8 Å². The lowest BCUT2D eigenvalue weighted by molar-refractivity contribution is 0.0780. The first-order valence-electron chi connectivity index (χ1n) is 7.59. The summed E-state index contributed by atoms with van der Waals surface area (Å²) in [7, 11) is 0. The van der Waals surface area contributed by atoms with Crippen molar-refractivity contribution < 1.29 is 4.74 Å². The fourth-order valence-electron chi connectivity index (χ4n) is 2.58. The van der Waals surface area contributed by atoms with Crippen LogP contribution in [0.15, 0.2) is 12.3 Å². The number of hydrogen-bond donors (Lipinski definition) is 1. The van der Waals surface area contributed by atoms with E-state index < -0.39 is 0 Å². The second-order valence-electron chi connectivity index (χ2n) is 5.70. The van der Waals surface area contributed by atoms with Gasteiger partial charge in [0.25, 0.3) is 0 Å². The van der Waals surface area contributed by atoms with Crippen molar-refractivity contribution in [2.24, 2.45) is 0 Å². The van der Waals surface area contributed by atoms with Gasteiger partial charge in [-0.1, -0.05) is 6.92 Å². The molecule has 0 spiro atoms. The Morgan fingerprint density at radius 2 is 2.37 bits per heavy atom. The molecule has 2 heterocycles. The molecule has 1 aromatic heterocycles. The normalized spacial score (nSPS) is 21.2. The molecule has 0 amide bonds. The van der Waals surface area contributed by atoms with E-state index >= 15 is 0 Å². The first-order valence-corrected chi connectivity index (χ1v) is 7.59. The summed E-state index contributed by atoms with van der Waals surface area (Å²) >= 11 is 0. The zero-order valence-corrected chi connectivity index (χ0v) is 12.4. The van der Waals surface area contributed by atoms with Crippen molar-refractivity contribution in [2.45, 2.75) is 64.6 Å². The highest BCUT2D eigenvalue weighted by Gasteiger charge is 2.26. The van der Waals surface area contributed by atoms with Gasteiger partial charge in [-0.15, -0.1) is 0 Å². The molecule has 1 aliphatic heterocycles. The molecule has 1 fully saturated rings. The lowest BCUT2D eigenvalue weighted by atomic mass is 10.0. The van der Waals surface area contributed by atoms with Crippen LogP contribution in [0.2, 0.25) is 0 Å². The molecule has 2 rings (SSSR count). The van der Waals surface area contributed by atoms with Gasteiger partial charge in [0.15, 0.2) is 0 Å². The Balaban J connectivity index is 1.97. The van der Waals surface area contributed by atoms with Crippen LogP contribution >= 0.6 is 0 Å². The largest absolute Gasteiger partial charge is 0.377 e. The van der Waals surface area contributed by atoms with Crippen LogP contribution in [-0.4, -0.2) is 35.1 Å². The predicted octanol–water partition coefficient (Wildman–Crippen LogP) is 2.55. The summed E-state index contributed by atoms with van der Waals surface area (Å²) in [5.41, 5.74) is 1.16. The molecule has 2 unspecified atom stereocenters. The number of hydrogen-bond acceptors (Lipinski definition) is 3. The average molecular weight is 265 g/mol. The summed E-state index contributed by atoms with van der Waals surface area (Å²) in [5.74, 6) is 0. The number of ether oxygens (including phenoxy) is 1. The summed E-state index contributed by atoms with van der Waals surface area (Å²) in [5, 5.41) is 8.27. The third kappa shape index (κ3) is 4.05. The maximum Gasteiger partial charge on any atom is 0.0732 e. The molecule has 1 aliphatic rings. The highest BCUT2D eigenvalue weighted by atomic mass is 16.5. The number of aromatic nitrogens is 2. The summed E-state index contributed by atoms with van der Waals surface area (Å²) in [6, 6.07) is 2.96. The van der Waals surface area contributed by atoms with Crippen LogP contribution in [0.3, 0.4) is 0 Å². The Bertz CT molecular complexity index is 369. The van der Waals surface area contributed by atoms with Crippen LogP contribution in [0.4, 0.5) is 0 Å². The Morgan fingerprint density at radius 1 is 1.53 bits per heavy atom. The first-order chi connectivity index (χ1) is 9.20. The minimum Gasteiger partial charge on any atom is -0.377 e. The van der Waals surface area contributed by atoms with E-state index in [9.17, 15) is 0 Å². The molecule has 19 heavy (non-hydrogen) atoms. The minimum absolute atomic E-state index is 0.357. The van der Waals surface area contributed by atoms with Crippen LogP contribution in [0.5, 0.6) is 0 Å². The van der Waals surface area contributed by atoms with Crippen molar-refractivity contribution >= 4 is 0 Å². The molecule has 1 aromatic rings. The third-order valence-corrected chi connectivity index (χ3v) is 3.69. The third-order valence-electron chi connectivity index (χ3n) is 3.69. The molecule has 1 saturated heterocycles. The maximum atomic E-state index is 5.84. The van der Waals surface area contributed by atoms with Gasteiger partial charge >= 0.3 is 0 Å². The van der Waals surface area contributed by atoms with E-state index in [2.05, 4.69) is 43.4 Å². The van der Waals surface area contributed by atoms with Gasteiger partial charge in [-0.3, -0.25) is 4.68 Å². The van der Waals surface area contributed by atoms with E-state index in [1.54, 1.807) is 0 Å². The Kier molecular flexibility index (Phi) is 5.40. The molecule has 0 radical (unpaired) electrons. The van der Waals surface area contributed by atoms with Crippen LogP contribution in [0, 0.1) is 0 Å². The van der Waals surface area contributed by atoms with E-state index in [0.29, 0.717) is 18.2 Å². The Hall–Kier alpha value is -0.870. The van der Waals surface area contributed by atoms with Gasteiger partial charge in [-0.25, -0.2) is 0 Å². The molecule has 108 valence electrons. The fourth-order valence-corrected chi connectivity index (χ4v) is 2.58. The lowest BCUT2D eigenvalue weighted by Gasteiger charge is -2.23. The van der Waals surface area contributed by atoms with E-state index in [4.69, 9.17) is 4.74 Å². The second-order valence-corrected chi connectivity index (χ2v) is 5.70. The fraction of sp³-hybridized carbons (Fsp3) is 0.800. The van der Waals surface area contributed by atoms with Gasteiger partial charge in [0.2, 0.25) is 0 Å². The van der Waals surface area contributed by atoms with E-state index in [1.165, 1.54) is 12.8 Å². The van der Waals surface area contributed by atoms with Crippen molar-refractivity contribution in [3.8, 4) is 0 Å². The molecule has 0 aliphatic carbocycles. The molecular weight excluding hydrogens is 238 g/mol. The lowest BCUT2D eigenvalue weighted by Crippen LogP contribution is -2.41. The standard InChI is InChI=1S/C15H27N3O/c1-4-8-16-14(15-6-5-10-19-15)11-13-7-9-18(17-13)12(2)3/h7,9,12,14-16H,4-6,8,10-11H2,1-3H3. The molecular formula is C15H27N3O. The van der Waals surface area contributed by atoms with E-state index in [-0.39, 0.29) is 0 Å². The highest BCUT2D eigenvalue weighted by Crippen LogP contribution is 2.18. The molecule has 1 N–H and O–H groups in total. The van der Waals surface area contributed by atoms with Crippen LogP contribution < -0.4 is 5.32 Å². The summed E-state index contributed by atoms with van der Waals surface area (Å²) in [6.45, 7) is 8.48. The van der Waals surface area contributed by atoms with E-state index in [1.807, 2.05) is 4.68 Å². The first kappa shape index (κ1) is 14.5. The topological polar surface area (TPSA) is 39.1 Å². The van der Waals surface area contributed by atoms with Crippen molar-refractivity contribution in [1.82, 2.24) is 15.1 Å². The molecule has 0 aromatic carbocycles. The monoisotopic (exact) mass is 265 g/mol. The molecule has 4 nitrogen and oxygen atoms in total. The molecule has 0 saturated carbocycles. The summed E-state index contributed by atoms with van der Waals surface area (Å²) in [6.07, 6.45) is 6.91. The summed E-state index contributed by atoms with van der Waals surface area (Å²) < 4.78 is 7.87. The van der Waals surface area contributed by atoms with E-state index in [0.717, 1.165) is 31.7 Å². The van der Waals surface area contributed by atoms with Gasteiger partial charge in [0, 0.05) is 31.3 Å². The smallest absolute Gasteiger partial charge is 0.0732 e. The van der Waals surface area contributed by atoms with Crippen molar-refractivity contribution in [1.29, 1.82) is 0 Å². The summed E-state index contributed by atoms with van der Waals surface area (Å²) in [4.78, 5) is 0. The Morgan fingerprint density at radius 3 is 2.95 bits per heavy atom. The van der Waals surface area contributed by atoms with Gasteiger partial charge < -0.3 is 10.1 Å². The average Bonchev–Trinajstić information content (AvgIpc) is 3.05. The zero-order valence-electron chi connectivity index (χ0n) is 12.4. The second kappa shape index (κ2) is 7.06. The van der Waals surface area contributed by atoms with Crippen LogP contribution in [-0.2, 0) is 11.2 Å². The van der Waals surface area contributed by atoms with Crippen molar-refractivity contribution in [3.05, 3.63) is 18.0 Å². The SMILES string of the molecule is CCCNC(Cc1ccn(C(C)C)n1)C1CCCO1. The van der Waals surface area contributed by atoms with Crippen molar-refractivity contribution in [2.75, 3.05) is 13.2 Å². The van der Waals surface area contributed by atoms with Crippen LogP contribution in [0.25, 0.3) is 0 Å². The van der Waals surface area contributed by atoms with Gasteiger partial charge in [-0.05, 0) is 45.7 Å². The van der Waals surface area contributed by atoms with Gasteiger partial charge in [0.05, 0.1) is 11.8 Å². The predicted molar refractivity (Wildman–Crippen MR) is 77.4 cm³/mol. The zero-order chi connectivity index (χ0) is 13.7.